The third-order valence-corrected chi connectivity index (χ3v) is 2.77. The van der Waals surface area contributed by atoms with Crippen molar-refractivity contribution in [2.75, 3.05) is 36.2 Å². The maximum atomic E-state index is 9.91. The average molecular weight is 222 g/mol. The summed E-state index contributed by atoms with van der Waals surface area (Å²) in [5, 5.41) is 0. The summed E-state index contributed by atoms with van der Waals surface area (Å²) < 4.78 is 5.25. The highest BCUT2D eigenvalue weighted by Gasteiger charge is 1.90. The first-order chi connectivity index (χ1) is 6.41. The molecular weight excluding hydrogens is 208 g/mol. The largest absolute Gasteiger partial charge is 0.380 e. The van der Waals surface area contributed by atoms with Crippen LogP contribution in [0.2, 0.25) is 0 Å². The Morgan fingerprint density at radius 3 is 1.77 bits per heavy atom. The van der Waals surface area contributed by atoms with Gasteiger partial charge in [-0.2, -0.15) is 23.5 Å². The molecule has 0 radical (unpaired) electrons. The average Bonchev–Trinajstić information content (AvgIpc) is 2.16. The van der Waals surface area contributed by atoms with Crippen LogP contribution in [0, 0.1) is 0 Å². The van der Waals surface area contributed by atoms with Gasteiger partial charge in [-0.3, -0.25) is 0 Å². The van der Waals surface area contributed by atoms with E-state index in [0.717, 1.165) is 24.1 Å². The molecule has 0 rings (SSSR count). The monoisotopic (exact) mass is 222 g/mol. The highest BCUT2D eigenvalue weighted by atomic mass is 32.2. The van der Waals surface area contributed by atoms with Crippen molar-refractivity contribution < 1.29 is 14.3 Å². The van der Waals surface area contributed by atoms with E-state index in [-0.39, 0.29) is 0 Å². The van der Waals surface area contributed by atoms with Gasteiger partial charge in [-0.25, -0.2) is 0 Å². The zero-order valence-electron chi connectivity index (χ0n) is 7.44. The summed E-state index contributed by atoms with van der Waals surface area (Å²) in [6.07, 6.45) is 1.79. The lowest BCUT2D eigenvalue weighted by Gasteiger charge is -2.01. The zero-order chi connectivity index (χ0) is 9.78. The van der Waals surface area contributed by atoms with Crippen molar-refractivity contribution in [3.05, 3.63) is 0 Å². The van der Waals surface area contributed by atoms with Gasteiger partial charge in [0.1, 0.15) is 12.6 Å². The molecule has 3 nitrogen and oxygen atoms in total. The molecule has 13 heavy (non-hydrogen) atoms. The molecule has 0 amide bonds. The minimum absolute atomic E-state index is 0.545. The number of hydrogen-bond acceptors (Lipinski definition) is 5. The van der Waals surface area contributed by atoms with E-state index in [0.29, 0.717) is 24.7 Å². The maximum Gasteiger partial charge on any atom is 0.129 e. The lowest BCUT2D eigenvalue weighted by atomic mass is 10.8. The summed E-state index contributed by atoms with van der Waals surface area (Å²) in [6.45, 7) is 1.36. The van der Waals surface area contributed by atoms with Crippen LogP contribution in [0.15, 0.2) is 0 Å². The van der Waals surface area contributed by atoms with E-state index in [1.807, 2.05) is 0 Å². The minimum atomic E-state index is 0.545. The summed E-state index contributed by atoms with van der Waals surface area (Å²) in [4.78, 5) is 19.8. The Labute approximate surface area is 87.0 Å². The highest BCUT2D eigenvalue weighted by molar-refractivity contribution is 8.00. The van der Waals surface area contributed by atoms with Gasteiger partial charge in [-0.1, -0.05) is 0 Å². The molecule has 0 aromatic heterocycles. The fourth-order valence-electron chi connectivity index (χ4n) is 0.601. The first kappa shape index (κ1) is 13.0. The molecule has 76 valence electrons. The predicted octanol–water partition coefficient (Wildman–Crippen LogP) is 0.867. The molecule has 0 spiro atoms. The number of ether oxygens (including phenoxy) is 1. The summed E-state index contributed by atoms with van der Waals surface area (Å²) in [6, 6.07) is 0. The quantitative estimate of drug-likeness (QED) is 0.405. The molecule has 0 fully saturated rings. The standard InChI is InChI=1S/C8H14O3S2/c9-1-5-12-7-3-11-4-8-13-6-2-10/h1-2H,3-8H2. The Morgan fingerprint density at radius 2 is 1.38 bits per heavy atom. The second-order valence-corrected chi connectivity index (χ2v) is 4.40. The second-order valence-electron chi connectivity index (χ2n) is 2.10. The van der Waals surface area contributed by atoms with Crippen LogP contribution in [-0.4, -0.2) is 48.8 Å². The van der Waals surface area contributed by atoms with Crippen LogP contribution in [0.1, 0.15) is 0 Å². The first-order valence-corrected chi connectivity index (χ1v) is 6.33. The van der Waals surface area contributed by atoms with Crippen LogP contribution in [0.4, 0.5) is 0 Å². The van der Waals surface area contributed by atoms with E-state index >= 15 is 0 Å². The van der Waals surface area contributed by atoms with Crippen molar-refractivity contribution in [3.8, 4) is 0 Å². The third-order valence-electron chi connectivity index (χ3n) is 1.12. The van der Waals surface area contributed by atoms with Gasteiger partial charge in [0.2, 0.25) is 0 Å². The fraction of sp³-hybridized carbons (Fsp3) is 0.750. The molecule has 0 N–H and O–H groups in total. The molecule has 0 aliphatic heterocycles. The molecule has 0 aromatic carbocycles. The first-order valence-electron chi connectivity index (χ1n) is 4.02. The van der Waals surface area contributed by atoms with E-state index in [1.54, 1.807) is 23.5 Å². The zero-order valence-corrected chi connectivity index (χ0v) is 9.07. The maximum absolute atomic E-state index is 9.91. The van der Waals surface area contributed by atoms with E-state index in [9.17, 15) is 9.59 Å². The highest BCUT2D eigenvalue weighted by Crippen LogP contribution is 1.99. The van der Waals surface area contributed by atoms with E-state index in [1.165, 1.54) is 0 Å². The molecule has 5 heteroatoms. The number of rotatable bonds is 10. The van der Waals surface area contributed by atoms with Crippen molar-refractivity contribution in [2.45, 2.75) is 0 Å². The van der Waals surface area contributed by atoms with E-state index < -0.39 is 0 Å². The lowest BCUT2D eigenvalue weighted by Crippen LogP contribution is -2.02. The normalized spacial score (nSPS) is 9.85. The molecule has 0 saturated heterocycles. The predicted molar refractivity (Wildman–Crippen MR) is 57.6 cm³/mol. The number of carbonyl (C=O) groups excluding carboxylic acids is 2. The van der Waals surface area contributed by atoms with Crippen LogP contribution in [0.25, 0.3) is 0 Å². The van der Waals surface area contributed by atoms with Gasteiger partial charge in [-0.05, 0) is 0 Å². The smallest absolute Gasteiger partial charge is 0.129 e. The van der Waals surface area contributed by atoms with Crippen molar-refractivity contribution in [2.24, 2.45) is 0 Å². The summed E-state index contributed by atoms with van der Waals surface area (Å²) in [5.74, 6) is 2.81. The van der Waals surface area contributed by atoms with Crippen LogP contribution in [-0.2, 0) is 14.3 Å². The molecule has 0 atom stereocenters. The summed E-state index contributed by atoms with van der Waals surface area (Å²) >= 11 is 3.13. The Balaban J connectivity index is 2.83. The van der Waals surface area contributed by atoms with Gasteiger partial charge in [0.25, 0.3) is 0 Å². The third kappa shape index (κ3) is 12.0. The second kappa shape index (κ2) is 12.0. The molecule has 0 bridgehead atoms. The van der Waals surface area contributed by atoms with Crippen molar-refractivity contribution in [1.82, 2.24) is 0 Å². The molecule has 0 heterocycles. The van der Waals surface area contributed by atoms with E-state index in [4.69, 9.17) is 4.74 Å². The van der Waals surface area contributed by atoms with Crippen molar-refractivity contribution >= 4 is 36.1 Å². The lowest BCUT2D eigenvalue weighted by molar-refractivity contribution is -0.106. The molecular formula is C8H14O3S2. The van der Waals surface area contributed by atoms with E-state index in [2.05, 4.69) is 0 Å². The van der Waals surface area contributed by atoms with Gasteiger partial charge in [0, 0.05) is 23.0 Å². The molecule has 0 unspecified atom stereocenters. The Kier molecular flexibility index (Phi) is 12.0. The Bertz CT molecular complexity index is 117. The van der Waals surface area contributed by atoms with Gasteiger partial charge in [-0.15, -0.1) is 0 Å². The summed E-state index contributed by atoms with van der Waals surface area (Å²) in [7, 11) is 0. The molecule has 0 aromatic rings. The number of hydrogen-bond donors (Lipinski definition) is 0. The van der Waals surface area contributed by atoms with Gasteiger partial charge in [0.05, 0.1) is 13.2 Å². The molecule has 0 aliphatic carbocycles. The van der Waals surface area contributed by atoms with Gasteiger partial charge >= 0.3 is 0 Å². The van der Waals surface area contributed by atoms with Crippen molar-refractivity contribution in [1.29, 1.82) is 0 Å². The van der Waals surface area contributed by atoms with Gasteiger partial charge < -0.3 is 14.3 Å². The Morgan fingerprint density at radius 1 is 0.923 bits per heavy atom. The summed E-state index contributed by atoms with van der Waals surface area (Å²) in [5.41, 5.74) is 0. The minimum Gasteiger partial charge on any atom is -0.380 e. The number of thioether (sulfide) groups is 2. The van der Waals surface area contributed by atoms with Crippen LogP contribution in [0.5, 0.6) is 0 Å². The molecule has 0 aliphatic rings. The number of aldehydes is 2. The van der Waals surface area contributed by atoms with Gasteiger partial charge in [0.15, 0.2) is 0 Å². The van der Waals surface area contributed by atoms with Crippen molar-refractivity contribution in [3.63, 3.8) is 0 Å². The molecule has 0 saturated carbocycles. The SMILES string of the molecule is O=CCSCCOCCSCC=O. The van der Waals surface area contributed by atoms with Crippen LogP contribution < -0.4 is 0 Å². The Hall–Kier alpha value is -0.0000000000000000555. The number of carbonyl (C=O) groups is 2. The topological polar surface area (TPSA) is 43.4 Å². The fourth-order valence-corrected chi connectivity index (χ4v) is 1.60. The van der Waals surface area contributed by atoms with Crippen LogP contribution in [0.3, 0.4) is 0 Å². The van der Waals surface area contributed by atoms with Crippen LogP contribution >= 0.6 is 23.5 Å².